The minimum Gasteiger partial charge on any atom is -0.366 e. The average Bonchev–Trinajstić information content (AvgIpc) is 2.21. The third-order valence-electron chi connectivity index (χ3n) is 2.33. The Bertz CT molecular complexity index is 439. The molecule has 4 heteroatoms. The largest absolute Gasteiger partial charge is 0.366 e. The highest BCUT2D eigenvalue weighted by Crippen LogP contribution is 2.14. The van der Waals surface area contributed by atoms with Crippen LogP contribution in [0.2, 0.25) is 0 Å². The van der Waals surface area contributed by atoms with E-state index in [1.165, 1.54) is 5.56 Å². The number of carbonyl (C=O) groups is 1. The fraction of sp³-hybridized carbons (Fsp3) is 0.333. The number of nitrogens with zero attached hydrogens (tertiary/aromatic N) is 2. The molecule has 3 nitrogen and oxygen atoms in total. The lowest BCUT2D eigenvalue weighted by atomic mass is 10.1. The number of carbonyl (C=O) groups excluding carboxylic acids is 1. The van der Waals surface area contributed by atoms with Crippen LogP contribution in [0.3, 0.4) is 0 Å². The van der Waals surface area contributed by atoms with Gasteiger partial charge in [0, 0.05) is 23.2 Å². The van der Waals surface area contributed by atoms with Crippen molar-refractivity contribution < 1.29 is 4.79 Å². The van der Waals surface area contributed by atoms with Gasteiger partial charge in [-0.1, -0.05) is 6.07 Å². The summed E-state index contributed by atoms with van der Waals surface area (Å²) in [6.07, 6.45) is 0. The quantitative estimate of drug-likeness (QED) is 0.451. The van der Waals surface area contributed by atoms with E-state index in [-0.39, 0.29) is 5.91 Å². The third kappa shape index (κ3) is 3.30. The summed E-state index contributed by atoms with van der Waals surface area (Å²) < 4.78 is 1.08. The first-order valence-electron chi connectivity index (χ1n) is 4.95. The van der Waals surface area contributed by atoms with Crippen LogP contribution in [0.1, 0.15) is 22.8 Å². The summed E-state index contributed by atoms with van der Waals surface area (Å²) in [6, 6.07) is 5.62. The van der Waals surface area contributed by atoms with E-state index in [9.17, 15) is 4.79 Å². The first-order valence-corrected chi connectivity index (χ1v) is 6.03. The number of amidine groups is 1. The standard InChI is InChI=1S/C12H15IN2O/c1-8-5-6-10(7-11(8)13)12(16)14-9(2)15(3)4/h5-7H,1-4H3. The summed E-state index contributed by atoms with van der Waals surface area (Å²) in [5.74, 6) is 0.518. The molecule has 0 spiro atoms. The fourth-order valence-corrected chi connectivity index (χ4v) is 1.55. The summed E-state index contributed by atoms with van der Waals surface area (Å²) >= 11 is 2.22. The molecule has 1 rings (SSSR count). The lowest BCUT2D eigenvalue weighted by molar-refractivity contribution is 0.100. The maximum atomic E-state index is 11.8. The summed E-state index contributed by atoms with van der Waals surface area (Å²) in [4.78, 5) is 17.6. The van der Waals surface area contributed by atoms with Gasteiger partial charge in [-0.3, -0.25) is 4.79 Å². The van der Waals surface area contributed by atoms with E-state index in [1.54, 1.807) is 0 Å². The SMILES string of the molecule is CC(=NC(=O)c1ccc(C)c(I)c1)N(C)C. The zero-order valence-electron chi connectivity index (χ0n) is 9.91. The highest BCUT2D eigenvalue weighted by atomic mass is 127. The zero-order chi connectivity index (χ0) is 12.3. The molecule has 1 aromatic rings. The number of benzene rings is 1. The Morgan fingerprint density at radius 1 is 1.38 bits per heavy atom. The molecule has 1 aromatic carbocycles. The highest BCUT2D eigenvalue weighted by Gasteiger charge is 2.07. The summed E-state index contributed by atoms with van der Waals surface area (Å²) in [5.41, 5.74) is 1.81. The topological polar surface area (TPSA) is 32.7 Å². The Kier molecular flexibility index (Phi) is 4.46. The molecule has 0 aliphatic rings. The predicted molar refractivity (Wildman–Crippen MR) is 75.0 cm³/mol. The number of hydrogen-bond acceptors (Lipinski definition) is 1. The maximum Gasteiger partial charge on any atom is 0.278 e. The Balaban J connectivity index is 2.98. The number of hydrogen-bond donors (Lipinski definition) is 0. The van der Waals surface area contributed by atoms with Crippen molar-refractivity contribution in [2.24, 2.45) is 4.99 Å². The molecule has 16 heavy (non-hydrogen) atoms. The van der Waals surface area contributed by atoms with E-state index in [0.29, 0.717) is 11.4 Å². The molecule has 0 radical (unpaired) electrons. The van der Waals surface area contributed by atoms with E-state index in [1.807, 2.05) is 51.0 Å². The molecule has 1 amide bonds. The lowest BCUT2D eigenvalue weighted by Gasteiger charge is -2.10. The first-order chi connectivity index (χ1) is 7.41. The molecule has 0 unspecified atom stereocenters. The molecule has 0 bridgehead atoms. The molecule has 0 fully saturated rings. The van der Waals surface area contributed by atoms with Crippen LogP contribution in [0.25, 0.3) is 0 Å². The van der Waals surface area contributed by atoms with Gasteiger partial charge in [-0.05, 0) is 54.1 Å². The summed E-state index contributed by atoms with van der Waals surface area (Å²) in [7, 11) is 3.73. The van der Waals surface area contributed by atoms with E-state index >= 15 is 0 Å². The van der Waals surface area contributed by atoms with Crippen LogP contribution < -0.4 is 0 Å². The molecule has 0 aromatic heterocycles. The van der Waals surface area contributed by atoms with Crippen LogP contribution in [-0.4, -0.2) is 30.7 Å². The van der Waals surface area contributed by atoms with Crippen LogP contribution in [0.4, 0.5) is 0 Å². The Morgan fingerprint density at radius 2 is 2.00 bits per heavy atom. The van der Waals surface area contributed by atoms with Gasteiger partial charge in [0.25, 0.3) is 5.91 Å². The van der Waals surface area contributed by atoms with Crippen molar-refractivity contribution in [3.05, 3.63) is 32.9 Å². The Labute approximate surface area is 110 Å². The van der Waals surface area contributed by atoms with Gasteiger partial charge in [-0.15, -0.1) is 0 Å². The van der Waals surface area contributed by atoms with Crippen LogP contribution >= 0.6 is 22.6 Å². The number of halogens is 1. The molecule has 0 saturated heterocycles. The average molecular weight is 330 g/mol. The van der Waals surface area contributed by atoms with Crippen LogP contribution in [0.15, 0.2) is 23.2 Å². The molecule has 86 valence electrons. The van der Waals surface area contributed by atoms with Gasteiger partial charge in [0.05, 0.1) is 0 Å². The Morgan fingerprint density at radius 3 is 2.50 bits per heavy atom. The van der Waals surface area contributed by atoms with Gasteiger partial charge in [0.2, 0.25) is 0 Å². The second kappa shape index (κ2) is 5.43. The molecular weight excluding hydrogens is 315 g/mol. The monoisotopic (exact) mass is 330 g/mol. The van der Waals surface area contributed by atoms with Gasteiger partial charge in [0.15, 0.2) is 0 Å². The van der Waals surface area contributed by atoms with Crippen molar-refractivity contribution in [1.82, 2.24) is 4.90 Å². The van der Waals surface area contributed by atoms with E-state index in [4.69, 9.17) is 0 Å². The van der Waals surface area contributed by atoms with Crippen molar-refractivity contribution in [3.63, 3.8) is 0 Å². The van der Waals surface area contributed by atoms with Crippen molar-refractivity contribution in [2.45, 2.75) is 13.8 Å². The molecule has 0 N–H and O–H groups in total. The minimum atomic E-state index is -0.191. The third-order valence-corrected chi connectivity index (χ3v) is 3.49. The molecular formula is C12H15IN2O. The fourth-order valence-electron chi connectivity index (χ4n) is 1.04. The van der Waals surface area contributed by atoms with Crippen molar-refractivity contribution in [1.29, 1.82) is 0 Å². The molecule has 0 aliphatic heterocycles. The van der Waals surface area contributed by atoms with E-state index < -0.39 is 0 Å². The maximum absolute atomic E-state index is 11.8. The van der Waals surface area contributed by atoms with Gasteiger partial charge < -0.3 is 4.90 Å². The molecule has 0 heterocycles. The van der Waals surface area contributed by atoms with Crippen LogP contribution in [0, 0.1) is 10.5 Å². The van der Waals surface area contributed by atoms with Crippen LogP contribution in [0.5, 0.6) is 0 Å². The molecule has 0 atom stereocenters. The number of aliphatic imine (C=N–C) groups is 1. The lowest BCUT2D eigenvalue weighted by Crippen LogP contribution is -2.19. The highest BCUT2D eigenvalue weighted by molar-refractivity contribution is 14.1. The van der Waals surface area contributed by atoms with Gasteiger partial charge in [-0.25, -0.2) is 0 Å². The molecule has 0 saturated carbocycles. The second-order valence-electron chi connectivity index (χ2n) is 3.82. The number of amides is 1. The minimum absolute atomic E-state index is 0.191. The van der Waals surface area contributed by atoms with Crippen molar-refractivity contribution in [3.8, 4) is 0 Å². The zero-order valence-corrected chi connectivity index (χ0v) is 12.1. The smallest absolute Gasteiger partial charge is 0.278 e. The van der Waals surface area contributed by atoms with Crippen molar-refractivity contribution >= 4 is 34.3 Å². The first kappa shape index (κ1) is 13.2. The summed E-state index contributed by atoms with van der Waals surface area (Å²) in [5, 5.41) is 0. The van der Waals surface area contributed by atoms with Crippen LogP contribution in [-0.2, 0) is 0 Å². The predicted octanol–water partition coefficient (Wildman–Crippen LogP) is 2.72. The normalized spacial score (nSPS) is 11.4. The number of rotatable bonds is 1. The van der Waals surface area contributed by atoms with Crippen molar-refractivity contribution in [2.75, 3.05) is 14.1 Å². The second-order valence-corrected chi connectivity index (χ2v) is 4.98. The van der Waals surface area contributed by atoms with E-state index in [0.717, 1.165) is 3.57 Å². The Hall–Kier alpha value is -0.910. The van der Waals surface area contributed by atoms with Gasteiger partial charge >= 0.3 is 0 Å². The van der Waals surface area contributed by atoms with E-state index in [2.05, 4.69) is 27.6 Å². The molecule has 0 aliphatic carbocycles. The van der Waals surface area contributed by atoms with Gasteiger partial charge in [0.1, 0.15) is 5.84 Å². The summed E-state index contributed by atoms with van der Waals surface area (Å²) in [6.45, 7) is 3.83. The number of aryl methyl sites for hydroxylation is 1. The van der Waals surface area contributed by atoms with Gasteiger partial charge in [-0.2, -0.15) is 4.99 Å².